The van der Waals surface area contributed by atoms with Crippen LogP contribution in [0.1, 0.15) is 10.4 Å². The molecule has 3 rings (SSSR count). The predicted octanol–water partition coefficient (Wildman–Crippen LogP) is 3.51. The summed E-state index contributed by atoms with van der Waals surface area (Å²) in [7, 11) is 5.63. The van der Waals surface area contributed by atoms with Gasteiger partial charge in [0.15, 0.2) is 5.13 Å². The van der Waals surface area contributed by atoms with Crippen molar-refractivity contribution in [2.24, 2.45) is 0 Å². The van der Waals surface area contributed by atoms with E-state index in [1.54, 1.807) is 12.0 Å². The van der Waals surface area contributed by atoms with Crippen LogP contribution in [0, 0.1) is 0 Å². The Kier molecular flexibility index (Phi) is 5.31. The number of nitrogens with zero attached hydrogens (tertiary/aromatic N) is 3. The first-order chi connectivity index (χ1) is 12.1. The topological polar surface area (TPSA) is 45.7 Å². The van der Waals surface area contributed by atoms with Gasteiger partial charge in [-0.15, -0.1) is 0 Å². The molecule has 1 heterocycles. The Morgan fingerprint density at radius 1 is 1.12 bits per heavy atom. The molecule has 130 valence electrons. The molecular weight excluding hydrogens is 334 g/mol. The van der Waals surface area contributed by atoms with Crippen LogP contribution in [0.15, 0.2) is 48.5 Å². The molecule has 0 aliphatic carbocycles. The minimum atomic E-state index is -0.0338. The first-order valence-electron chi connectivity index (χ1n) is 8.04. The number of carbonyl (C=O) groups is 1. The number of hydrogen-bond donors (Lipinski definition) is 0. The molecule has 1 amide bonds. The van der Waals surface area contributed by atoms with Gasteiger partial charge < -0.3 is 9.64 Å². The van der Waals surface area contributed by atoms with Gasteiger partial charge in [0.1, 0.15) is 5.75 Å². The van der Waals surface area contributed by atoms with Crippen LogP contribution in [0.2, 0.25) is 0 Å². The van der Waals surface area contributed by atoms with Crippen LogP contribution in [0.5, 0.6) is 5.75 Å². The second-order valence-electron chi connectivity index (χ2n) is 5.96. The number of benzene rings is 2. The number of anilines is 1. The standard InChI is InChI=1S/C19H21N3O2S/c1-21(2)11-12-22(18(23)14-7-5-4-6-8-14)19-20-16-10-9-15(24-3)13-17(16)25-19/h4-10,13H,11-12H2,1-3H3. The van der Waals surface area contributed by atoms with E-state index in [-0.39, 0.29) is 5.91 Å². The lowest BCUT2D eigenvalue weighted by molar-refractivity contribution is 0.0985. The van der Waals surface area contributed by atoms with Crippen molar-refractivity contribution in [3.63, 3.8) is 0 Å². The zero-order valence-corrected chi connectivity index (χ0v) is 15.4. The largest absolute Gasteiger partial charge is 0.497 e. The van der Waals surface area contributed by atoms with Gasteiger partial charge in [0.25, 0.3) is 5.91 Å². The van der Waals surface area contributed by atoms with Crippen molar-refractivity contribution >= 4 is 32.6 Å². The normalized spacial score (nSPS) is 11.0. The highest BCUT2D eigenvalue weighted by molar-refractivity contribution is 7.22. The molecule has 0 aliphatic rings. The van der Waals surface area contributed by atoms with Crippen molar-refractivity contribution in [1.82, 2.24) is 9.88 Å². The van der Waals surface area contributed by atoms with E-state index in [2.05, 4.69) is 9.88 Å². The van der Waals surface area contributed by atoms with Gasteiger partial charge in [-0.2, -0.15) is 0 Å². The fourth-order valence-electron chi connectivity index (χ4n) is 2.46. The maximum atomic E-state index is 13.0. The van der Waals surface area contributed by atoms with Crippen LogP contribution < -0.4 is 9.64 Å². The lowest BCUT2D eigenvalue weighted by atomic mass is 10.2. The fraction of sp³-hybridized carbons (Fsp3) is 0.263. The third-order valence-corrected chi connectivity index (χ3v) is 4.89. The monoisotopic (exact) mass is 355 g/mol. The van der Waals surface area contributed by atoms with Crippen molar-refractivity contribution in [2.45, 2.75) is 0 Å². The molecule has 0 radical (unpaired) electrons. The molecular formula is C19H21N3O2S. The molecule has 5 nitrogen and oxygen atoms in total. The molecule has 0 atom stereocenters. The second kappa shape index (κ2) is 7.63. The van der Waals surface area contributed by atoms with E-state index < -0.39 is 0 Å². The number of likely N-dealkylation sites (N-methyl/N-ethyl adjacent to an activating group) is 1. The summed E-state index contributed by atoms with van der Waals surface area (Å²) in [5.41, 5.74) is 1.54. The third kappa shape index (κ3) is 3.97. The summed E-state index contributed by atoms with van der Waals surface area (Å²) in [6.07, 6.45) is 0. The average Bonchev–Trinajstić information content (AvgIpc) is 3.04. The zero-order chi connectivity index (χ0) is 17.8. The molecule has 0 saturated carbocycles. The summed E-state index contributed by atoms with van der Waals surface area (Å²) < 4.78 is 6.28. The van der Waals surface area contributed by atoms with Gasteiger partial charge in [0.2, 0.25) is 0 Å². The molecule has 1 aromatic heterocycles. The van der Waals surface area contributed by atoms with E-state index in [1.165, 1.54) is 11.3 Å². The molecule has 0 unspecified atom stereocenters. The fourth-order valence-corrected chi connectivity index (χ4v) is 3.47. The number of methoxy groups -OCH3 is 1. The summed E-state index contributed by atoms with van der Waals surface area (Å²) in [5.74, 6) is 0.755. The van der Waals surface area contributed by atoms with Crippen molar-refractivity contribution in [3.05, 3.63) is 54.1 Å². The van der Waals surface area contributed by atoms with E-state index in [1.807, 2.05) is 62.6 Å². The van der Waals surface area contributed by atoms with Crippen LogP contribution in [0.3, 0.4) is 0 Å². The molecule has 0 N–H and O–H groups in total. The predicted molar refractivity (Wildman–Crippen MR) is 103 cm³/mol. The lowest BCUT2D eigenvalue weighted by Crippen LogP contribution is -2.36. The summed E-state index contributed by atoms with van der Waals surface area (Å²) in [6, 6.07) is 15.1. The van der Waals surface area contributed by atoms with E-state index >= 15 is 0 Å². The van der Waals surface area contributed by atoms with Gasteiger partial charge in [0, 0.05) is 18.7 Å². The Labute approximate surface area is 151 Å². The van der Waals surface area contributed by atoms with Gasteiger partial charge >= 0.3 is 0 Å². The van der Waals surface area contributed by atoms with E-state index in [9.17, 15) is 4.79 Å². The van der Waals surface area contributed by atoms with Gasteiger partial charge in [0.05, 0.1) is 17.3 Å². The maximum absolute atomic E-state index is 13.0. The molecule has 0 fully saturated rings. The van der Waals surface area contributed by atoms with Gasteiger partial charge in [-0.3, -0.25) is 9.69 Å². The molecule has 0 bridgehead atoms. The van der Waals surface area contributed by atoms with Gasteiger partial charge in [-0.25, -0.2) is 4.98 Å². The first kappa shape index (κ1) is 17.4. The zero-order valence-electron chi connectivity index (χ0n) is 14.6. The number of hydrogen-bond acceptors (Lipinski definition) is 5. The highest BCUT2D eigenvalue weighted by Crippen LogP contribution is 2.32. The molecule has 25 heavy (non-hydrogen) atoms. The summed E-state index contributed by atoms with van der Waals surface area (Å²) >= 11 is 1.51. The van der Waals surface area contributed by atoms with E-state index in [0.717, 1.165) is 22.5 Å². The SMILES string of the molecule is COc1ccc2nc(N(CCN(C)C)C(=O)c3ccccc3)sc2c1. The second-order valence-corrected chi connectivity index (χ2v) is 6.97. The van der Waals surface area contributed by atoms with Crippen LogP contribution in [0.4, 0.5) is 5.13 Å². The quantitative estimate of drug-likeness (QED) is 0.679. The number of fused-ring (bicyclic) bond motifs is 1. The smallest absolute Gasteiger partial charge is 0.260 e. The Hall–Kier alpha value is -2.44. The molecule has 0 aliphatic heterocycles. The van der Waals surface area contributed by atoms with E-state index in [0.29, 0.717) is 17.2 Å². The van der Waals surface area contributed by atoms with Crippen molar-refractivity contribution in [3.8, 4) is 5.75 Å². The highest BCUT2D eigenvalue weighted by atomic mass is 32.1. The summed E-state index contributed by atoms with van der Waals surface area (Å²) in [4.78, 5) is 21.5. The van der Waals surface area contributed by atoms with Crippen molar-refractivity contribution < 1.29 is 9.53 Å². The number of carbonyl (C=O) groups excluding carboxylic acids is 1. The Morgan fingerprint density at radius 3 is 2.56 bits per heavy atom. The average molecular weight is 355 g/mol. The number of rotatable bonds is 6. The van der Waals surface area contributed by atoms with Crippen molar-refractivity contribution in [2.75, 3.05) is 39.2 Å². The number of amides is 1. The molecule has 0 saturated heterocycles. The molecule has 6 heteroatoms. The molecule has 2 aromatic carbocycles. The van der Waals surface area contributed by atoms with Crippen molar-refractivity contribution in [1.29, 1.82) is 0 Å². The van der Waals surface area contributed by atoms with Crippen LogP contribution in [-0.2, 0) is 0 Å². The summed E-state index contributed by atoms with van der Waals surface area (Å²) in [5, 5.41) is 0.707. The number of ether oxygens (including phenoxy) is 1. The van der Waals surface area contributed by atoms with Crippen LogP contribution >= 0.6 is 11.3 Å². The maximum Gasteiger partial charge on any atom is 0.260 e. The minimum Gasteiger partial charge on any atom is -0.497 e. The van der Waals surface area contributed by atoms with Crippen LogP contribution in [0.25, 0.3) is 10.2 Å². The third-order valence-electron chi connectivity index (χ3n) is 3.85. The highest BCUT2D eigenvalue weighted by Gasteiger charge is 2.21. The van der Waals surface area contributed by atoms with Gasteiger partial charge in [-0.05, 0) is 44.4 Å². The van der Waals surface area contributed by atoms with Gasteiger partial charge in [-0.1, -0.05) is 29.5 Å². The molecule has 3 aromatic rings. The minimum absolute atomic E-state index is 0.0338. The first-order valence-corrected chi connectivity index (χ1v) is 8.86. The van der Waals surface area contributed by atoms with E-state index in [4.69, 9.17) is 4.74 Å². The Bertz CT molecular complexity index is 861. The van der Waals surface area contributed by atoms with Crippen LogP contribution in [-0.4, -0.2) is 50.1 Å². The number of thiazole rings is 1. The Morgan fingerprint density at radius 2 is 1.88 bits per heavy atom. The lowest BCUT2D eigenvalue weighted by Gasteiger charge is -2.22. The molecule has 0 spiro atoms. The number of aromatic nitrogens is 1. The summed E-state index contributed by atoms with van der Waals surface area (Å²) in [6.45, 7) is 1.34. The Balaban J connectivity index is 1.97.